The van der Waals surface area contributed by atoms with Crippen LogP contribution in [0.15, 0.2) is 24.4 Å². The van der Waals surface area contributed by atoms with Crippen LogP contribution in [0.2, 0.25) is 0 Å². The highest BCUT2D eigenvalue weighted by Gasteiger charge is 2.16. The highest BCUT2D eigenvalue weighted by Crippen LogP contribution is 2.01. The van der Waals surface area contributed by atoms with Gasteiger partial charge in [0.25, 0.3) is 0 Å². The van der Waals surface area contributed by atoms with Gasteiger partial charge in [-0.3, -0.25) is 9.78 Å². The van der Waals surface area contributed by atoms with Crippen LogP contribution in [-0.2, 0) is 11.3 Å². The van der Waals surface area contributed by atoms with Crippen molar-refractivity contribution in [3.63, 3.8) is 0 Å². The minimum Gasteiger partial charge on any atom is -0.339 e. The van der Waals surface area contributed by atoms with Gasteiger partial charge in [-0.15, -0.1) is 24.8 Å². The van der Waals surface area contributed by atoms with E-state index in [9.17, 15) is 4.79 Å². The predicted octanol–water partition coefficient (Wildman–Crippen LogP) is 1.62. The number of nitrogens with two attached hydrogens (primary N) is 1. The van der Waals surface area contributed by atoms with E-state index in [0.29, 0.717) is 13.0 Å². The topological polar surface area (TPSA) is 59.2 Å². The number of carbonyl (C=O) groups is 1. The lowest BCUT2D eigenvalue weighted by Gasteiger charge is -2.19. The van der Waals surface area contributed by atoms with Gasteiger partial charge in [0.15, 0.2) is 0 Å². The van der Waals surface area contributed by atoms with E-state index in [-0.39, 0.29) is 30.7 Å². The molecule has 1 heterocycles. The standard InChI is InChI=1S/C11H17N3O.2ClH/c1-3-10(12)11(15)14(2)8-9-6-4-5-7-13-9;;/h4-7,10H,3,8,12H2,1-2H3;2*1H. The maximum absolute atomic E-state index is 11.7. The van der Waals surface area contributed by atoms with Gasteiger partial charge in [0, 0.05) is 13.2 Å². The first-order valence-electron chi connectivity index (χ1n) is 5.05. The Balaban J connectivity index is 0. The summed E-state index contributed by atoms with van der Waals surface area (Å²) in [6, 6.07) is 5.24. The van der Waals surface area contributed by atoms with Gasteiger partial charge in [-0.25, -0.2) is 0 Å². The molecule has 17 heavy (non-hydrogen) atoms. The lowest BCUT2D eigenvalue weighted by molar-refractivity contribution is -0.131. The summed E-state index contributed by atoms with van der Waals surface area (Å²) in [5.41, 5.74) is 6.53. The van der Waals surface area contributed by atoms with Gasteiger partial charge in [0.2, 0.25) is 5.91 Å². The molecule has 0 bridgehead atoms. The summed E-state index contributed by atoms with van der Waals surface area (Å²) >= 11 is 0. The molecule has 1 atom stereocenters. The van der Waals surface area contributed by atoms with Crippen LogP contribution in [-0.4, -0.2) is 28.9 Å². The molecule has 6 heteroatoms. The molecule has 0 aliphatic heterocycles. The molecule has 0 saturated heterocycles. The summed E-state index contributed by atoms with van der Waals surface area (Å²) in [5, 5.41) is 0. The quantitative estimate of drug-likeness (QED) is 0.911. The van der Waals surface area contributed by atoms with Crippen LogP contribution < -0.4 is 5.73 Å². The van der Waals surface area contributed by atoms with Crippen molar-refractivity contribution in [2.24, 2.45) is 5.73 Å². The molecule has 98 valence electrons. The zero-order chi connectivity index (χ0) is 11.3. The van der Waals surface area contributed by atoms with Crippen LogP contribution in [0.25, 0.3) is 0 Å². The second-order valence-electron chi connectivity index (χ2n) is 3.53. The first kappa shape index (κ1) is 18.5. The number of nitrogens with zero attached hydrogens (tertiary/aromatic N) is 2. The van der Waals surface area contributed by atoms with Gasteiger partial charge in [0.05, 0.1) is 18.3 Å². The molecule has 0 saturated carbocycles. The average molecular weight is 280 g/mol. The normalized spacial score (nSPS) is 10.8. The van der Waals surface area contributed by atoms with Gasteiger partial charge in [-0.1, -0.05) is 13.0 Å². The van der Waals surface area contributed by atoms with Crippen molar-refractivity contribution in [2.45, 2.75) is 25.9 Å². The molecule has 1 aromatic rings. The second kappa shape index (κ2) is 9.22. The van der Waals surface area contributed by atoms with Gasteiger partial charge < -0.3 is 10.6 Å². The highest BCUT2D eigenvalue weighted by atomic mass is 35.5. The second-order valence-corrected chi connectivity index (χ2v) is 3.53. The molecule has 0 radical (unpaired) electrons. The van der Waals surface area contributed by atoms with E-state index < -0.39 is 6.04 Å². The van der Waals surface area contributed by atoms with E-state index in [1.165, 1.54) is 0 Å². The Hall–Kier alpha value is -0.840. The van der Waals surface area contributed by atoms with E-state index in [0.717, 1.165) is 5.69 Å². The summed E-state index contributed by atoms with van der Waals surface area (Å²) in [6.07, 6.45) is 2.37. The summed E-state index contributed by atoms with van der Waals surface area (Å²) in [7, 11) is 1.74. The fourth-order valence-corrected chi connectivity index (χ4v) is 1.27. The van der Waals surface area contributed by atoms with E-state index in [1.807, 2.05) is 25.1 Å². The van der Waals surface area contributed by atoms with E-state index in [4.69, 9.17) is 5.73 Å². The maximum Gasteiger partial charge on any atom is 0.239 e. The van der Waals surface area contributed by atoms with Crippen LogP contribution >= 0.6 is 24.8 Å². The third kappa shape index (κ3) is 5.86. The number of amides is 1. The van der Waals surface area contributed by atoms with Gasteiger partial charge in [0.1, 0.15) is 0 Å². The fourth-order valence-electron chi connectivity index (χ4n) is 1.27. The smallest absolute Gasteiger partial charge is 0.239 e. The molecule has 0 aliphatic rings. The van der Waals surface area contributed by atoms with E-state index >= 15 is 0 Å². The van der Waals surface area contributed by atoms with Gasteiger partial charge in [-0.2, -0.15) is 0 Å². The van der Waals surface area contributed by atoms with Crippen molar-refractivity contribution in [1.29, 1.82) is 0 Å². The Labute approximate surface area is 114 Å². The number of hydrogen-bond donors (Lipinski definition) is 1. The van der Waals surface area contributed by atoms with Crippen LogP contribution in [0.3, 0.4) is 0 Å². The lowest BCUT2D eigenvalue weighted by Crippen LogP contribution is -2.41. The number of carbonyl (C=O) groups excluding carboxylic acids is 1. The van der Waals surface area contributed by atoms with Crippen molar-refractivity contribution >= 4 is 30.7 Å². The molecule has 1 rings (SSSR count). The average Bonchev–Trinajstić information content (AvgIpc) is 2.28. The van der Waals surface area contributed by atoms with E-state index in [1.54, 1.807) is 18.1 Å². The summed E-state index contributed by atoms with van der Waals surface area (Å²) in [5.74, 6) is -0.0387. The third-order valence-corrected chi connectivity index (χ3v) is 2.26. The molecule has 1 unspecified atom stereocenters. The van der Waals surface area contributed by atoms with E-state index in [2.05, 4.69) is 4.98 Å². The van der Waals surface area contributed by atoms with Gasteiger partial charge >= 0.3 is 0 Å². The highest BCUT2D eigenvalue weighted by molar-refractivity contribution is 5.85. The van der Waals surface area contributed by atoms with Crippen molar-refractivity contribution < 1.29 is 4.79 Å². The van der Waals surface area contributed by atoms with Crippen LogP contribution in [0.4, 0.5) is 0 Å². The largest absolute Gasteiger partial charge is 0.339 e. The zero-order valence-electron chi connectivity index (χ0n) is 10.00. The Morgan fingerprint density at radius 1 is 1.47 bits per heavy atom. The number of aromatic nitrogens is 1. The Morgan fingerprint density at radius 2 is 2.12 bits per heavy atom. The fraction of sp³-hybridized carbons (Fsp3) is 0.455. The summed E-state index contributed by atoms with van der Waals surface area (Å²) in [4.78, 5) is 17.4. The molecule has 0 aliphatic carbocycles. The summed E-state index contributed by atoms with van der Waals surface area (Å²) in [6.45, 7) is 2.41. The molecule has 2 N–H and O–H groups in total. The van der Waals surface area contributed by atoms with Crippen molar-refractivity contribution in [2.75, 3.05) is 7.05 Å². The minimum absolute atomic E-state index is 0. The Kier molecular flexibility index (Phi) is 10.0. The lowest BCUT2D eigenvalue weighted by atomic mass is 10.2. The van der Waals surface area contributed by atoms with Crippen LogP contribution in [0.5, 0.6) is 0 Å². The molecule has 0 aromatic carbocycles. The van der Waals surface area contributed by atoms with Crippen molar-refractivity contribution in [1.82, 2.24) is 9.88 Å². The van der Waals surface area contributed by atoms with Crippen LogP contribution in [0, 0.1) is 0 Å². The molecule has 1 amide bonds. The third-order valence-electron chi connectivity index (χ3n) is 2.26. The molecule has 1 aromatic heterocycles. The summed E-state index contributed by atoms with van der Waals surface area (Å²) < 4.78 is 0. The maximum atomic E-state index is 11.7. The Bertz CT molecular complexity index is 322. The van der Waals surface area contributed by atoms with Crippen molar-refractivity contribution in [3.05, 3.63) is 30.1 Å². The number of pyridine rings is 1. The predicted molar refractivity (Wildman–Crippen MR) is 73.5 cm³/mol. The zero-order valence-corrected chi connectivity index (χ0v) is 11.6. The first-order chi connectivity index (χ1) is 7.15. The van der Waals surface area contributed by atoms with Crippen LogP contribution in [0.1, 0.15) is 19.0 Å². The SMILES string of the molecule is CCC(N)C(=O)N(C)Cc1ccccn1.Cl.Cl. The molecule has 4 nitrogen and oxygen atoms in total. The number of rotatable bonds is 4. The minimum atomic E-state index is -0.404. The van der Waals surface area contributed by atoms with Gasteiger partial charge in [-0.05, 0) is 18.6 Å². The number of likely N-dealkylation sites (N-methyl/N-ethyl adjacent to an activating group) is 1. The monoisotopic (exact) mass is 279 g/mol. The molecular formula is C11H19Cl2N3O. The first-order valence-corrected chi connectivity index (χ1v) is 5.05. The molecular weight excluding hydrogens is 261 g/mol. The number of hydrogen-bond acceptors (Lipinski definition) is 3. The van der Waals surface area contributed by atoms with Crippen molar-refractivity contribution in [3.8, 4) is 0 Å². The number of halogens is 2. The molecule has 0 spiro atoms. The Morgan fingerprint density at radius 3 is 2.59 bits per heavy atom. The molecule has 0 fully saturated rings.